The van der Waals surface area contributed by atoms with Gasteiger partial charge in [-0.3, -0.25) is 0 Å². The van der Waals surface area contributed by atoms with Crippen molar-refractivity contribution in [1.29, 1.82) is 0 Å². The zero-order chi connectivity index (χ0) is 39.2. The third-order valence-electron chi connectivity index (χ3n) is 12.0. The van der Waals surface area contributed by atoms with Crippen molar-refractivity contribution in [3.63, 3.8) is 0 Å². The molecule has 278 valence electrons. The fourth-order valence-electron chi connectivity index (χ4n) is 9.23. The van der Waals surface area contributed by atoms with Crippen LogP contribution in [0.2, 0.25) is 0 Å². The molecule has 0 amide bonds. The first kappa shape index (κ1) is 34.6. The molecule has 0 spiro atoms. The number of rotatable bonds is 8. The van der Waals surface area contributed by atoms with E-state index in [4.69, 9.17) is 4.42 Å². The maximum absolute atomic E-state index is 6.83. The number of anilines is 3. The van der Waals surface area contributed by atoms with Crippen LogP contribution < -0.4 is 4.90 Å². The third kappa shape index (κ3) is 5.80. The van der Waals surface area contributed by atoms with E-state index in [0.717, 1.165) is 39.4 Å². The van der Waals surface area contributed by atoms with E-state index < -0.39 is 5.41 Å². The molecule has 2 nitrogen and oxygen atoms in total. The Morgan fingerprint density at radius 3 is 1.22 bits per heavy atom. The molecule has 1 aromatic heterocycles. The molecule has 0 saturated heterocycles. The van der Waals surface area contributed by atoms with Crippen LogP contribution in [0, 0.1) is 0 Å². The number of hydrogen-bond acceptors (Lipinski definition) is 2. The summed E-state index contributed by atoms with van der Waals surface area (Å²) in [5, 5.41) is 1.13. The van der Waals surface area contributed by atoms with Gasteiger partial charge in [-0.1, -0.05) is 188 Å². The molecule has 0 aliphatic heterocycles. The molecule has 10 aromatic rings. The van der Waals surface area contributed by atoms with Gasteiger partial charge in [0.05, 0.1) is 5.41 Å². The van der Waals surface area contributed by atoms with Crippen molar-refractivity contribution in [2.24, 2.45) is 0 Å². The van der Waals surface area contributed by atoms with Crippen molar-refractivity contribution in [2.75, 3.05) is 4.90 Å². The van der Waals surface area contributed by atoms with Crippen LogP contribution in [0.5, 0.6) is 0 Å². The summed E-state index contributed by atoms with van der Waals surface area (Å²) >= 11 is 0. The van der Waals surface area contributed by atoms with Gasteiger partial charge in [-0.2, -0.15) is 0 Å². The standard InChI is InChI=1S/C57H39NO/c1-5-15-40(16-6-1)42-25-27-43(28-26-42)45-31-35-49(36-32-45)58(48-33-29-44(30-34-48)41-17-7-2-8-18-41)50-37-38-51-53(39-50)57(46-19-9-3-10-20-46,47-21-11-4-12-22-47)55-52-23-13-14-24-54(52)59-56(51)55/h1-39H. The highest BCUT2D eigenvalue weighted by atomic mass is 16.3. The number of fused-ring (bicyclic) bond motifs is 5. The molecule has 0 fully saturated rings. The summed E-state index contributed by atoms with van der Waals surface area (Å²) < 4.78 is 6.83. The summed E-state index contributed by atoms with van der Waals surface area (Å²) in [5.41, 5.74) is 16.6. The summed E-state index contributed by atoms with van der Waals surface area (Å²) in [6, 6.07) is 85.2. The average molecular weight is 754 g/mol. The second kappa shape index (κ2) is 14.4. The predicted molar refractivity (Wildman–Crippen MR) is 245 cm³/mol. The molecule has 1 aliphatic rings. The van der Waals surface area contributed by atoms with Crippen LogP contribution in [-0.2, 0) is 5.41 Å². The number of nitrogens with zero attached hydrogens (tertiary/aromatic N) is 1. The first-order valence-electron chi connectivity index (χ1n) is 20.3. The Balaban J connectivity index is 1.08. The fourth-order valence-corrected chi connectivity index (χ4v) is 9.23. The number of furan rings is 1. The van der Waals surface area contributed by atoms with Crippen molar-refractivity contribution in [2.45, 2.75) is 5.41 Å². The molecule has 2 heteroatoms. The molecular weight excluding hydrogens is 715 g/mol. The maximum Gasteiger partial charge on any atom is 0.140 e. The van der Waals surface area contributed by atoms with E-state index in [2.05, 4.69) is 241 Å². The summed E-state index contributed by atoms with van der Waals surface area (Å²) in [7, 11) is 0. The Morgan fingerprint density at radius 2 is 0.729 bits per heavy atom. The van der Waals surface area contributed by atoms with Gasteiger partial charge in [0, 0.05) is 33.6 Å². The van der Waals surface area contributed by atoms with E-state index in [0.29, 0.717) is 0 Å². The first-order valence-corrected chi connectivity index (χ1v) is 20.3. The summed E-state index contributed by atoms with van der Waals surface area (Å²) in [5.74, 6) is 0.932. The Morgan fingerprint density at radius 1 is 0.339 bits per heavy atom. The van der Waals surface area contributed by atoms with Crippen molar-refractivity contribution >= 4 is 28.0 Å². The molecule has 0 N–H and O–H groups in total. The molecule has 1 heterocycles. The van der Waals surface area contributed by atoms with Gasteiger partial charge < -0.3 is 9.32 Å². The van der Waals surface area contributed by atoms with Crippen LogP contribution in [0.3, 0.4) is 0 Å². The number of para-hydroxylation sites is 1. The predicted octanol–water partition coefficient (Wildman–Crippen LogP) is 15.3. The Kier molecular flexibility index (Phi) is 8.41. The van der Waals surface area contributed by atoms with Gasteiger partial charge in [-0.15, -0.1) is 0 Å². The quantitative estimate of drug-likeness (QED) is 0.154. The minimum atomic E-state index is -0.617. The van der Waals surface area contributed by atoms with Crippen LogP contribution in [-0.4, -0.2) is 0 Å². The molecule has 0 radical (unpaired) electrons. The normalized spacial score (nSPS) is 12.5. The van der Waals surface area contributed by atoms with Crippen molar-refractivity contribution < 1.29 is 4.42 Å². The van der Waals surface area contributed by atoms with Crippen molar-refractivity contribution in [1.82, 2.24) is 0 Å². The largest absolute Gasteiger partial charge is 0.456 e. The molecule has 1 aliphatic carbocycles. The molecule has 0 saturated carbocycles. The zero-order valence-corrected chi connectivity index (χ0v) is 32.4. The van der Waals surface area contributed by atoms with Gasteiger partial charge in [0.25, 0.3) is 0 Å². The third-order valence-corrected chi connectivity index (χ3v) is 12.0. The Bertz CT molecular complexity index is 3000. The smallest absolute Gasteiger partial charge is 0.140 e. The van der Waals surface area contributed by atoms with E-state index in [1.165, 1.54) is 55.6 Å². The zero-order valence-electron chi connectivity index (χ0n) is 32.4. The van der Waals surface area contributed by atoms with Crippen molar-refractivity contribution in [3.8, 4) is 44.7 Å². The molecule has 0 unspecified atom stereocenters. The summed E-state index contributed by atoms with van der Waals surface area (Å²) in [4.78, 5) is 2.39. The van der Waals surface area contributed by atoms with Crippen LogP contribution in [0.4, 0.5) is 17.1 Å². The highest BCUT2D eigenvalue weighted by Gasteiger charge is 2.49. The van der Waals surface area contributed by atoms with E-state index in [1.54, 1.807) is 0 Å². The lowest BCUT2D eigenvalue weighted by Crippen LogP contribution is -2.28. The molecule has 9 aromatic carbocycles. The van der Waals surface area contributed by atoms with Gasteiger partial charge in [0.1, 0.15) is 11.3 Å². The fraction of sp³-hybridized carbons (Fsp3) is 0.0175. The van der Waals surface area contributed by atoms with E-state index >= 15 is 0 Å². The molecule has 0 bridgehead atoms. The van der Waals surface area contributed by atoms with Crippen LogP contribution in [0.15, 0.2) is 241 Å². The minimum Gasteiger partial charge on any atom is -0.456 e. The van der Waals surface area contributed by atoms with Crippen molar-refractivity contribution in [3.05, 3.63) is 259 Å². The molecular formula is C57H39NO. The lowest BCUT2D eigenvalue weighted by molar-refractivity contribution is 0.628. The van der Waals surface area contributed by atoms with Crippen LogP contribution in [0.25, 0.3) is 55.7 Å². The molecule has 59 heavy (non-hydrogen) atoms. The van der Waals surface area contributed by atoms with Crippen LogP contribution in [0.1, 0.15) is 22.3 Å². The highest BCUT2D eigenvalue weighted by molar-refractivity contribution is 5.98. The van der Waals surface area contributed by atoms with E-state index in [9.17, 15) is 0 Å². The van der Waals surface area contributed by atoms with Crippen LogP contribution >= 0.6 is 0 Å². The second-order valence-corrected chi connectivity index (χ2v) is 15.3. The summed E-state index contributed by atoms with van der Waals surface area (Å²) in [6.07, 6.45) is 0. The average Bonchev–Trinajstić information content (AvgIpc) is 3.84. The SMILES string of the molecule is c1ccc(-c2ccc(-c3ccc(N(c4ccc(-c5ccccc5)cc4)c4ccc5c(c4)C(c4ccccc4)(c4ccccc4)c4c-5oc5ccccc45)cc3)cc2)cc1. The maximum atomic E-state index is 6.83. The Hall–Kier alpha value is -7.68. The number of hydrogen-bond donors (Lipinski definition) is 0. The highest BCUT2D eigenvalue weighted by Crippen LogP contribution is 2.60. The van der Waals surface area contributed by atoms with Gasteiger partial charge in [0.2, 0.25) is 0 Å². The monoisotopic (exact) mass is 753 g/mol. The lowest BCUT2D eigenvalue weighted by Gasteiger charge is -2.34. The second-order valence-electron chi connectivity index (χ2n) is 15.3. The topological polar surface area (TPSA) is 16.4 Å². The van der Waals surface area contributed by atoms with Gasteiger partial charge >= 0.3 is 0 Å². The van der Waals surface area contributed by atoms with Gasteiger partial charge in [-0.25, -0.2) is 0 Å². The summed E-state index contributed by atoms with van der Waals surface area (Å²) in [6.45, 7) is 0. The Labute approximate surface area is 344 Å². The molecule has 0 atom stereocenters. The lowest BCUT2D eigenvalue weighted by atomic mass is 9.67. The van der Waals surface area contributed by atoms with E-state index in [-0.39, 0.29) is 0 Å². The van der Waals surface area contributed by atoms with Gasteiger partial charge in [0.15, 0.2) is 0 Å². The number of benzene rings is 9. The van der Waals surface area contributed by atoms with E-state index in [1.807, 2.05) is 0 Å². The van der Waals surface area contributed by atoms with Gasteiger partial charge in [-0.05, 0) is 98.6 Å². The first-order chi connectivity index (χ1) is 29.3. The minimum absolute atomic E-state index is 0.617. The molecule has 11 rings (SSSR count).